The molecule has 0 aliphatic heterocycles. The zero-order valence-corrected chi connectivity index (χ0v) is 22.5. The number of aliphatic hydroxyl groups excluding tert-OH is 3. The number of hydrogen-bond donors (Lipinski definition) is 5. The molecule has 0 unspecified atom stereocenters. The first-order valence-electron chi connectivity index (χ1n) is 12.5. The van der Waals surface area contributed by atoms with Crippen LogP contribution < -0.4 is 15.4 Å². The monoisotopic (exact) mass is 536 g/mol. The van der Waals surface area contributed by atoms with Crippen LogP contribution in [0.3, 0.4) is 0 Å². The van der Waals surface area contributed by atoms with Gasteiger partial charge in [-0.2, -0.15) is 4.98 Å². The van der Waals surface area contributed by atoms with Gasteiger partial charge < -0.3 is 30.7 Å². The summed E-state index contributed by atoms with van der Waals surface area (Å²) in [6, 6.07) is 9.13. The average Bonchev–Trinajstić information content (AvgIpc) is 3.45. The molecule has 11 heteroatoms. The highest BCUT2D eigenvalue weighted by molar-refractivity contribution is 7.21. The van der Waals surface area contributed by atoms with Gasteiger partial charge in [-0.15, -0.1) is 11.3 Å². The van der Waals surface area contributed by atoms with Crippen molar-refractivity contribution in [2.45, 2.75) is 51.5 Å². The normalized spacial score (nSPS) is 22.0. The maximum atomic E-state index is 10.7. The minimum absolute atomic E-state index is 0.0900. The number of benzene rings is 1. The van der Waals surface area contributed by atoms with Gasteiger partial charge in [0.25, 0.3) is 0 Å². The molecule has 10 nitrogen and oxygen atoms in total. The van der Waals surface area contributed by atoms with E-state index in [0.29, 0.717) is 23.9 Å². The number of nitrogens with zero attached hydrogens (tertiary/aromatic N) is 4. The number of methoxy groups -OCH3 is 1. The Labute approximate surface area is 224 Å². The van der Waals surface area contributed by atoms with Crippen LogP contribution in [0.15, 0.2) is 36.5 Å². The third-order valence-electron chi connectivity index (χ3n) is 7.11. The molecule has 1 saturated carbocycles. The van der Waals surface area contributed by atoms with Gasteiger partial charge in [-0.25, -0.2) is 9.97 Å². The second kappa shape index (κ2) is 10.8. The van der Waals surface area contributed by atoms with Crippen LogP contribution >= 0.6 is 11.3 Å². The molecular weight excluding hydrogens is 504 g/mol. The Kier molecular flexibility index (Phi) is 7.44. The highest BCUT2D eigenvalue weighted by Crippen LogP contribution is 2.38. The maximum Gasteiger partial charge on any atom is 0.225 e. The first kappa shape index (κ1) is 26.2. The molecule has 0 bridgehead atoms. The van der Waals surface area contributed by atoms with E-state index in [-0.39, 0.29) is 12.6 Å². The third-order valence-corrected chi connectivity index (χ3v) is 8.15. The van der Waals surface area contributed by atoms with Crippen molar-refractivity contribution in [3.05, 3.63) is 53.5 Å². The van der Waals surface area contributed by atoms with Gasteiger partial charge in [-0.3, -0.25) is 4.98 Å². The van der Waals surface area contributed by atoms with Gasteiger partial charge >= 0.3 is 0 Å². The fourth-order valence-corrected chi connectivity index (χ4v) is 5.99. The van der Waals surface area contributed by atoms with E-state index >= 15 is 0 Å². The van der Waals surface area contributed by atoms with Crippen molar-refractivity contribution in [2.75, 3.05) is 24.4 Å². The number of thiazole rings is 1. The lowest BCUT2D eigenvalue weighted by Gasteiger charge is -2.22. The fraction of sp³-hybridized carbons (Fsp3) is 0.407. The van der Waals surface area contributed by atoms with Crippen LogP contribution in [0.4, 0.5) is 11.8 Å². The summed E-state index contributed by atoms with van der Waals surface area (Å²) in [5, 5.41) is 38.2. The predicted molar refractivity (Wildman–Crippen MR) is 148 cm³/mol. The number of nitrogens with one attached hydrogen (secondary N) is 2. The van der Waals surface area contributed by atoms with Crippen molar-refractivity contribution in [3.63, 3.8) is 0 Å². The third kappa shape index (κ3) is 5.02. The van der Waals surface area contributed by atoms with Crippen molar-refractivity contribution < 1.29 is 20.1 Å². The summed E-state index contributed by atoms with van der Waals surface area (Å²) in [7, 11) is 1.63. The molecule has 3 heterocycles. The fourth-order valence-electron chi connectivity index (χ4n) is 4.88. The average molecular weight is 537 g/mol. The molecule has 5 atom stereocenters. The van der Waals surface area contributed by atoms with Gasteiger partial charge in [-0.05, 0) is 51.0 Å². The summed E-state index contributed by atoms with van der Waals surface area (Å²) < 4.78 is 6.27. The van der Waals surface area contributed by atoms with Crippen molar-refractivity contribution in [1.82, 2.24) is 19.9 Å². The predicted octanol–water partition coefficient (Wildman–Crippen LogP) is 3.46. The van der Waals surface area contributed by atoms with E-state index in [4.69, 9.17) is 19.7 Å². The standard InChI is InChI=1S/C27H32N6O4S/c1-13(16-5-7-18(37-4)8-6-16)29-27-30-14(2)21(26-32-22-15(3)28-10-9-20(22)38-26)25(33-27)31-19-11-17(12-34)23(35)24(19)36/h5-10,13,17,19,23-24,34-36H,11-12H2,1-4H3,(H2,29,30,31,33)/t13-,17-,19-,23-,24+/m1/s1. The first-order valence-corrected chi connectivity index (χ1v) is 13.4. The van der Waals surface area contributed by atoms with E-state index in [2.05, 4.69) is 15.6 Å². The Bertz CT molecular complexity index is 1430. The number of rotatable bonds is 8. The van der Waals surface area contributed by atoms with Gasteiger partial charge in [-0.1, -0.05) is 12.1 Å². The van der Waals surface area contributed by atoms with Crippen LogP contribution in [-0.2, 0) is 0 Å². The summed E-state index contributed by atoms with van der Waals surface area (Å²) in [5.41, 5.74) is 4.14. The maximum absolute atomic E-state index is 10.7. The molecule has 3 aromatic heterocycles. The van der Waals surface area contributed by atoms with Gasteiger partial charge in [0.15, 0.2) is 0 Å². The van der Waals surface area contributed by atoms with Crippen molar-refractivity contribution in [3.8, 4) is 16.3 Å². The Morgan fingerprint density at radius 2 is 1.82 bits per heavy atom. The minimum Gasteiger partial charge on any atom is -0.497 e. The van der Waals surface area contributed by atoms with E-state index in [1.165, 1.54) is 11.3 Å². The summed E-state index contributed by atoms with van der Waals surface area (Å²) in [6.45, 7) is 5.64. The van der Waals surface area contributed by atoms with Crippen LogP contribution in [0.5, 0.6) is 5.75 Å². The van der Waals surface area contributed by atoms with Crippen molar-refractivity contribution in [2.24, 2.45) is 5.92 Å². The smallest absolute Gasteiger partial charge is 0.225 e. The van der Waals surface area contributed by atoms with Crippen LogP contribution in [0.2, 0.25) is 0 Å². The number of anilines is 2. The van der Waals surface area contributed by atoms with E-state index in [0.717, 1.165) is 37.8 Å². The lowest BCUT2D eigenvalue weighted by molar-refractivity contribution is 0.00446. The molecule has 4 aromatic rings. The highest BCUT2D eigenvalue weighted by atomic mass is 32.1. The second-order valence-corrected chi connectivity index (χ2v) is 10.7. The molecule has 0 saturated heterocycles. The molecular formula is C27H32N6O4S. The van der Waals surface area contributed by atoms with Gasteiger partial charge in [0.2, 0.25) is 5.95 Å². The lowest BCUT2D eigenvalue weighted by Crippen LogP contribution is -2.35. The number of pyridine rings is 1. The van der Waals surface area contributed by atoms with Gasteiger partial charge in [0.1, 0.15) is 28.2 Å². The Morgan fingerprint density at radius 3 is 2.47 bits per heavy atom. The number of fused-ring (bicyclic) bond motifs is 1. The second-order valence-electron chi connectivity index (χ2n) is 9.67. The minimum atomic E-state index is -1.05. The topological polar surface area (TPSA) is 146 Å². The molecule has 5 rings (SSSR count). The highest BCUT2D eigenvalue weighted by Gasteiger charge is 2.41. The first-order chi connectivity index (χ1) is 18.3. The van der Waals surface area contributed by atoms with E-state index < -0.39 is 24.2 Å². The largest absolute Gasteiger partial charge is 0.497 e. The SMILES string of the molecule is COc1ccc([C@@H](C)Nc2nc(C)c(-c3nc4c(C)nccc4s3)c(N[C@@H]3C[C@H](CO)[C@@H](O)[C@H]3O)n2)cc1. The molecule has 1 aromatic carbocycles. The van der Waals surface area contributed by atoms with Crippen molar-refractivity contribution >= 4 is 33.3 Å². The van der Waals surface area contributed by atoms with E-state index in [9.17, 15) is 15.3 Å². The number of aromatic nitrogens is 4. The Hall–Kier alpha value is -3.38. The number of aryl methyl sites for hydroxylation is 2. The van der Waals surface area contributed by atoms with Gasteiger partial charge in [0, 0.05) is 18.7 Å². The number of aliphatic hydroxyl groups is 3. The van der Waals surface area contributed by atoms with Crippen LogP contribution in [-0.4, -0.2) is 67.2 Å². The summed E-state index contributed by atoms with van der Waals surface area (Å²) in [6.07, 6.45) is 0.0930. The molecule has 1 fully saturated rings. The van der Waals surface area contributed by atoms with Crippen LogP contribution in [0.1, 0.15) is 36.3 Å². The molecule has 5 N–H and O–H groups in total. The molecule has 0 amide bonds. The molecule has 1 aliphatic carbocycles. The number of hydrogen-bond acceptors (Lipinski definition) is 11. The molecule has 0 spiro atoms. The number of ether oxygens (including phenoxy) is 1. The zero-order chi connectivity index (χ0) is 27.0. The van der Waals surface area contributed by atoms with E-state index in [1.807, 2.05) is 51.1 Å². The Morgan fingerprint density at radius 1 is 1.05 bits per heavy atom. The van der Waals surface area contributed by atoms with Crippen molar-refractivity contribution in [1.29, 1.82) is 0 Å². The zero-order valence-electron chi connectivity index (χ0n) is 21.7. The molecule has 38 heavy (non-hydrogen) atoms. The lowest BCUT2D eigenvalue weighted by atomic mass is 10.1. The van der Waals surface area contributed by atoms with Crippen LogP contribution in [0, 0.1) is 19.8 Å². The van der Waals surface area contributed by atoms with E-state index in [1.54, 1.807) is 13.3 Å². The summed E-state index contributed by atoms with van der Waals surface area (Å²) >= 11 is 1.52. The van der Waals surface area contributed by atoms with Crippen LogP contribution in [0.25, 0.3) is 20.8 Å². The molecule has 1 aliphatic rings. The summed E-state index contributed by atoms with van der Waals surface area (Å²) in [5.74, 6) is 1.28. The molecule has 0 radical (unpaired) electrons. The summed E-state index contributed by atoms with van der Waals surface area (Å²) in [4.78, 5) is 18.8. The Balaban J connectivity index is 1.53. The van der Waals surface area contributed by atoms with Gasteiger partial charge in [0.05, 0.1) is 46.9 Å². The molecule has 200 valence electrons. The quantitative estimate of drug-likeness (QED) is 0.227.